The average Bonchev–Trinajstić information content (AvgIpc) is 2.66. The van der Waals surface area contributed by atoms with E-state index in [2.05, 4.69) is 10.6 Å². The van der Waals surface area contributed by atoms with Gasteiger partial charge in [0, 0.05) is 10.7 Å². The molecule has 2 aromatic carbocycles. The van der Waals surface area contributed by atoms with Crippen LogP contribution in [0.1, 0.15) is 25.8 Å². The summed E-state index contributed by atoms with van der Waals surface area (Å²) in [4.78, 5) is 25.0. The SMILES string of the molecule is CCOc1ccccc1NC(=O)CS(=O)(=O)C(CC)C(=O)Nc1cc(Cl)ccc1C. The maximum Gasteiger partial charge on any atom is 0.242 e. The Morgan fingerprint density at radius 3 is 2.43 bits per heavy atom. The maximum atomic E-state index is 12.8. The minimum atomic E-state index is -4.06. The summed E-state index contributed by atoms with van der Waals surface area (Å²) in [6, 6.07) is 11.7. The highest BCUT2D eigenvalue weighted by molar-refractivity contribution is 7.93. The minimum absolute atomic E-state index is 0.0244. The Kier molecular flexibility index (Phi) is 8.25. The van der Waals surface area contributed by atoms with Gasteiger partial charge in [-0.1, -0.05) is 36.7 Å². The fourth-order valence-corrected chi connectivity index (χ4v) is 4.57. The molecule has 7 nitrogen and oxygen atoms in total. The van der Waals surface area contributed by atoms with E-state index in [1.165, 1.54) is 0 Å². The van der Waals surface area contributed by atoms with E-state index in [0.717, 1.165) is 5.56 Å². The molecule has 0 fully saturated rings. The van der Waals surface area contributed by atoms with Crippen LogP contribution in [-0.4, -0.2) is 37.8 Å². The number of halogens is 1. The third kappa shape index (κ3) is 6.21. The van der Waals surface area contributed by atoms with Crippen LogP contribution in [0, 0.1) is 6.92 Å². The average molecular weight is 453 g/mol. The zero-order chi connectivity index (χ0) is 22.3. The molecule has 0 saturated carbocycles. The number of carbonyl (C=O) groups excluding carboxylic acids is 2. The van der Waals surface area contributed by atoms with Gasteiger partial charge in [0.25, 0.3) is 0 Å². The van der Waals surface area contributed by atoms with Crippen molar-refractivity contribution in [3.63, 3.8) is 0 Å². The molecular weight excluding hydrogens is 428 g/mol. The Bertz CT molecular complexity index is 1020. The lowest BCUT2D eigenvalue weighted by molar-refractivity contribution is -0.115. The lowest BCUT2D eigenvalue weighted by Crippen LogP contribution is -2.39. The molecule has 2 N–H and O–H groups in total. The van der Waals surface area contributed by atoms with Gasteiger partial charge in [0.1, 0.15) is 16.8 Å². The third-order valence-corrected chi connectivity index (χ3v) is 6.66. The molecule has 0 bridgehead atoms. The highest BCUT2D eigenvalue weighted by Gasteiger charge is 2.33. The van der Waals surface area contributed by atoms with Gasteiger partial charge in [0.05, 0.1) is 12.3 Å². The van der Waals surface area contributed by atoms with Crippen molar-refractivity contribution in [2.24, 2.45) is 0 Å². The lowest BCUT2D eigenvalue weighted by Gasteiger charge is -2.17. The second kappa shape index (κ2) is 10.4. The number of sulfone groups is 1. The van der Waals surface area contributed by atoms with Crippen LogP contribution in [0.25, 0.3) is 0 Å². The highest BCUT2D eigenvalue weighted by Crippen LogP contribution is 2.24. The minimum Gasteiger partial charge on any atom is -0.492 e. The summed E-state index contributed by atoms with van der Waals surface area (Å²) in [5.74, 6) is -1.84. The van der Waals surface area contributed by atoms with Crippen LogP contribution in [0.3, 0.4) is 0 Å². The van der Waals surface area contributed by atoms with Gasteiger partial charge >= 0.3 is 0 Å². The number of para-hydroxylation sites is 2. The second-order valence-corrected chi connectivity index (χ2v) is 9.25. The van der Waals surface area contributed by atoms with Crippen LogP contribution in [0.4, 0.5) is 11.4 Å². The van der Waals surface area contributed by atoms with Crippen LogP contribution in [0.5, 0.6) is 5.75 Å². The first kappa shape index (κ1) is 23.7. The highest BCUT2D eigenvalue weighted by atomic mass is 35.5. The molecule has 0 aliphatic carbocycles. The molecule has 162 valence electrons. The molecule has 0 aliphatic rings. The topological polar surface area (TPSA) is 102 Å². The molecule has 2 amide bonds. The smallest absolute Gasteiger partial charge is 0.242 e. The van der Waals surface area contributed by atoms with Crippen molar-refractivity contribution >= 4 is 44.6 Å². The summed E-state index contributed by atoms with van der Waals surface area (Å²) in [5.41, 5.74) is 1.54. The molecule has 0 aliphatic heterocycles. The van der Waals surface area contributed by atoms with Gasteiger partial charge in [-0.25, -0.2) is 8.42 Å². The molecule has 30 heavy (non-hydrogen) atoms. The van der Waals surface area contributed by atoms with E-state index in [0.29, 0.717) is 28.8 Å². The number of amides is 2. The number of anilines is 2. The summed E-state index contributed by atoms with van der Waals surface area (Å²) < 4.78 is 31.0. The summed E-state index contributed by atoms with van der Waals surface area (Å²) in [6.07, 6.45) is 0.0244. The molecule has 0 heterocycles. The van der Waals surface area contributed by atoms with Crippen molar-refractivity contribution in [3.8, 4) is 5.75 Å². The maximum absolute atomic E-state index is 12.8. The van der Waals surface area contributed by atoms with Crippen molar-refractivity contribution in [2.45, 2.75) is 32.4 Å². The Balaban J connectivity index is 2.12. The van der Waals surface area contributed by atoms with E-state index >= 15 is 0 Å². The number of hydrogen-bond donors (Lipinski definition) is 2. The van der Waals surface area contributed by atoms with E-state index in [1.807, 2.05) is 0 Å². The van der Waals surface area contributed by atoms with Crippen molar-refractivity contribution < 1.29 is 22.7 Å². The van der Waals surface area contributed by atoms with E-state index in [1.54, 1.807) is 63.2 Å². The van der Waals surface area contributed by atoms with Crippen molar-refractivity contribution in [3.05, 3.63) is 53.1 Å². The first-order valence-electron chi connectivity index (χ1n) is 9.48. The Morgan fingerprint density at radius 1 is 1.07 bits per heavy atom. The number of nitrogens with one attached hydrogen (secondary N) is 2. The number of ether oxygens (including phenoxy) is 1. The van der Waals surface area contributed by atoms with Crippen LogP contribution in [-0.2, 0) is 19.4 Å². The number of carbonyl (C=O) groups is 2. The molecule has 9 heteroatoms. The number of rotatable bonds is 9. The normalized spacial score (nSPS) is 12.1. The number of aryl methyl sites for hydroxylation is 1. The summed E-state index contributed by atoms with van der Waals surface area (Å²) in [5, 5.41) is 4.19. The van der Waals surface area contributed by atoms with E-state index < -0.39 is 32.7 Å². The molecule has 0 radical (unpaired) electrons. The van der Waals surface area contributed by atoms with Crippen molar-refractivity contribution in [1.82, 2.24) is 0 Å². The largest absolute Gasteiger partial charge is 0.492 e. The Labute approximate surface area is 181 Å². The fraction of sp³-hybridized carbons (Fsp3) is 0.333. The standard InChI is InChI=1S/C21H25ClN2O5S/c1-4-19(21(26)24-17-12-15(22)11-10-14(17)3)30(27,28)13-20(25)23-16-8-6-7-9-18(16)29-5-2/h6-12,19H,4-5,13H2,1-3H3,(H,23,25)(H,24,26). The first-order valence-corrected chi connectivity index (χ1v) is 11.6. The first-order chi connectivity index (χ1) is 14.2. The van der Waals surface area contributed by atoms with Crippen molar-refractivity contribution in [2.75, 3.05) is 23.0 Å². The van der Waals surface area contributed by atoms with E-state index in [4.69, 9.17) is 16.3 Å². The second-order valence-electron chi connectivity index (χ2n) is 6.63. The van der Waals surface area contributed by atoms with Gasteiger partial charge in [0.2, 0.25) is 11.8 Å². The van der Waals surface area contributed by atoms with Crippen molar-refractivity contribution in [1.29, 1.82) is 0 Å². The van der Waals surface area contributed by atoms with Crippen LogP contribution in [0.15, 0.2) is 42.5 Å². The fourth-order valence-electron chi connectivity index (χ4n) is 2.87. The van der Waals surface area contributed by atoms with Gasteiger partial charge < -0.3 is 15.4 Å². The molecule has 1 atom stereocenters. The van der Waals surface area contributed by atoms with Crippen LogP contribution >= 0.6 is 11.6 Å². The summed E-state index contributed by atoms with van der Waals surface area (Å²) in [6.45, 7) is 5.54. The summed E-state index contributed by atoms with van der Waals surface area (Å²) >= 11 is 5.95. The molecule has 0 spiro atoms. The summed E-state index contributed by atoms with van der Waals surface area (Å²) in [7, 11) is -4.06. The van der Waals surface area contributed by atoms with Gasteiger partial charge in [-0.15, -0.1) is 0 Å². The Hall–Kier alpha value is -2.58. The number of benzene rings is 2. The van der Waals surface area contributed by atoms with E-state index in [9.17, 15) is 18.0 Å². The van der Waals surface area contributed by atoms with Gasteiger partial charge in [0.15, 0.2) is 9.84 Å². The van der Waals surface area contributed by atoms with Crippen LogP contribution in [0.2, 0.25) is 5.02 Å². The molecule has 1 unspecified atom stereocenters. The molecule has 2 aromatic rings. The zero-order valence-corrected chi connectivity index (χ0v) is 18.6. The predicted octanol–water partition coefficient (Wildman–Crippen LogP) is 3.82. The Morgan fingerprint density at radius 2 is 1.77 bits per heavy atom. The molecule has 0 aromatic heterocycles. The monoisotopic (exact) mass is 452 g/mol. The third-order valence-electron chi connectivity index (χ3n) is 4.35. The van der Waals surface area contributed by atoms with Crippen LogP contribution < -0.4 is 15.4 Å². The van der Waals surface area contributed by atoms with Gasteiger partial charge in [-0.3, -0.25) is 9.59 Å². The number of hydrogen-bond acceptors (Lipinski definition) is 5. The molecule has 0 saturated heterocycles. The quantitative estimate of drug-likeness (QED) is 0.602. The molecule has 2 rings (SSSR count). The zero-order valence-electron chi connectivity index (χ0n) is 17.1. The molecular formula is C21H25ClN2O5S. The van der Waals surface area contributed by atoms with Gasteiger partial charge in [-0.2, -0.15) is 0 Å². The lowest BCUT2D eigenvalue weighted by atomic mass is 10.2. The van der Waals surface area contributed by atoms with E-state index in [-0.39, 0.29) is 6.42 Å². The van der Waals surface area contributed by atoms with Gasteiger partial charge in [-0.05, 0) is 50.1 Å². The predicted molar refractivity (Wildman–Crippen MR) is 119 cm³/mol.